The van der Waals surface area contributed by atoms with Gasteiger partial charge in [-0.15, -0.1) is 0 Å². The monoisotopic (exact) mass is 223 g/mol. The Morgan fingerprint density at radius 2 is 1.24 bits per heavy atom. The Kier molecular flexibility index (Phi) is 1.89. The van der Waals surface area contributed by atoms with Gasteiger partial charge in [-0.3, -0.25) is 0 Å². The average molecular weight is 223 g/mol. The van der Waals surface area contributed by atoms with E-state index < -0.39 is 0 Å². The third-order valence-corrected chi connectivity index (χ3v) is 3.03. The van der Waals surface area contributed by atoms with Gasteiger partial charge in [0.05, 0.1) is 0 Å². The van der Waals surface area contributed by atoms with E-state index in [1.165, 1.54) is 0 Å². The summed E-state index contributed by atoms with van der Waals surface area (Å²) in [4.78, 5) is 0. The molecule has 0 saturated heterocycles. The first kappa shape index (κ1) is 9.78. The maximum atomic E-state index is 6.04. The van der Waals surface area contributed by atoms with Crippen LogP contribution in [0.2, 0.25) is 0 Å². The molecule has 3 heteroatoms. The van der Waals surface area contributed by atoms with Gasteiger partial charge in [0.15, 0.2) is 0 Å². The lowest BCUT2D eigenvalue weighted by Crippen LogP contribution is -1.92. The Balaban J connectivity index is 2.57. The van der Waals surface area contributed by atoms with Gasteiger partial charge in [-0.05, 0) is 46.5 Å². The summed E-state index contributed by atoms with van der Waals surface area (Å²) in [6.45, 7) is 0. The predicted molar refractivity (Wildman–Crippen MR) is 74.7 cm³/mol. The first-order valence-corrected chi connectivity index (χ1v) is 5.42. The second-order valence-corrected chi connectivity index (χ2v) is 4.25. The van der Waals surface area contributed by atoms with Crippen LogP contribution >= 0.6 is 0 Å². The maximum Gasteiger partial charge on any atom is 0.0400 e. The molecule has 3 rings (SSSR count). The highest BCUT2D eigenvalue weighted by atomic mass is 14.6. The fourth-order valence-electron chi connectivity index (χ4n) is 2.21. The standard InChI is InChI=1S/C14H13N3/c15-9-2-1-8-5-14(17)13-7-10(16)3-4-11(13)12(8)6-9/h1-7H,15-17H2. The molecule has 0 spiro atoms. The van der Waals surface area contributed by atoms with Crippen LogP contribution in [0.5, 0.6) is 0 Å². The molecular weight excluding hydrogens is 210 g/mol. The number of nitrogen functional groups attached to an aromatic ring is 3. The van der Waals surface area contributed by atoms with Crippen molar-refractivity contribution >= 4 is 38.6 Å². The summed E-state index contributed by atoms with van der Waals surface area (Å²) in [6, 6.07) is 13.5. The molecule has 0 fully saturated rings. The molecule has 0 saturated carbocycles. The SMILES string of the molecule is Nc1ccc2c(c1)c(N)cc1ccc(N)cc12. The molecule has 17 heavy (non-hydrogen) atoms. The minimum atomic E-state index is 0.715. The molecule has 0 aliphatic carbocycles. The van der Waals surface area contributed by atoms with Crippen LogP contribution in [-0.4, -0.2) is 0 Å². The number of anilines is 3. The lowest BCUT2D eigenvalue weighted by atomic mass is 9.99. The quantitative estimate of drug-likeness (QED) is 0.405. The third kappa shape index (κ3) is 1.44. The number of fused-ring (bicyclic) bond motifs is 3. The van der Waals surface area contributed by atoms with Gasteiger partial charge in [0.2, 0.25) is 0 Å². The summed E-state index contributed by atoms with van der Waals surface area (Å²) in [7, 11) is 0. The van der Waals surface area contributed by atoms with Crippen LogP contribution in [-0.2, 0) is 0 Å². The van der Waals surface area contributed by atoms with E-state index in [0.717, 1.165) is 32.9 Å². The largest absolute Gasteiger partial charge is 0.399 e. The van der Waals surface area contributed by atoms with Crippen molar-refractivity contribution in [2.45, 2.75) is 0 Å². The molecule has 3 aromatic rings. The van der Waals surface area contributed by atoms with E-state index in [0.29, 0.717) is 5.69 Å². The van der Waals surface area contributed by atoms with E-state index in [1.54, 1.807) is 0 Å². The molecule has 0 heterocycles. The number of rotatable bonds is 0. The van der Waals surface area contributed by atoms with E-state index in [2.05, 4.69) is 0 Å². The van der Waals surface area contributed by atoms with Crippen molar-refractivity contribution in [2.75, 3.05) is 17.2 Å². The average Bonchev–Trinajstić information content (AvgIpc) is 2.30. The highest BCUT2D eigenvalue weighted by Gasteiger charge is 2.05. The fourth-order valence-corrected chi connectivity index (χ4v) is 2.21. The second-order valence-electron chi connectivity index (χ2n) is 4.25. The zero-order valence-corrected chi connectivity index (χ0v) is 9.27. The van der Waals surface area contributed by atoms with Crippen LogP contribution < -0.4 is 17.2 Å². The van der Waals surface area contributed by atoms with Gasteiger partial charge in [0.25, 0.3) is 0 Å². The summed E-state index contributed by atoms with van der Waals surface area (Å²) in [5, 5.41) is 4.26. The number of benzene rings is 3. The van der Waals surface area contributed by atoms with E-state index in [4.69, 9.17) is 17.2 Å². The second kappa shape index (κ2) is 3.28. The van der Waals surface area contributed by atoms with Crippen molar-refractivity contribution in [3.63, 3.8) is 0 Å². The molecule has 0 aliphatic heterocycles. The van der Waals surface area contributed by atoms with Crippen molar-refractivity contribution < 1.29 is 0 Å². The molecule has 0 bridgehead atoms. The van der Waals surface area contributed by atoms with Gasteiger partial charge >= 0.3 is 0 Å². The number of nitrogens with two attached hydrogens (primary N) is 3. The lowest BCUT2D eigenvalue weighted by molar-refractivity contribution is 1.72. The highest BCUT2D eigenvalue weighted by Crippen LogP contribution is 2.32. The third-order valence-electron chi connectivity index (χ3n) is 3.03. The van der Waals surface area contributed by atoms with Crippen molar-refractivity contribution in [1.29, 1.82) is 0 Å². The Morgan fingerprint density at radius 1 is 0.588 bits per heavy atom. The maximum absolute atomic E-state index is 6.04. The summed E-state index contributed by atoms with van der Waals surface area (Å²) in [5.41, 5.74) is 19.9. The van der Waals surface area contributed by atoms with Gasteiger partial charge in [-0.25, -0.2) is 0 Å². The van der Waals surface area contributed by atoms with Crippen molar-refractivity contribution in [3.8, 4) is 0 Å². The molecule has 0 amide bonds. The molecule has 84 valence electrons. The van der Waals surface area contributed by atoms with Crippen LogP contribution in [0.4, 0.5) is 17.1 Å². The fraction of sp³-hybridized carbons (Fsp3) is 0. The van der Waals surface area contributed by atoms with Crippen molar-refractivity contribution in [2.24, 2.45) is 0 Å². The van der Waals surface area contributed by atoms with Gasteiger partial charge in [0.1, 0.15) is 0 Å². The van der Waals surface area contributed by atoms with Gasteiger partial charge in [0, 0.05) is 22.4 Å². The number of hydrogen-bond acceptors (Lipinski definition) is 3. The van der Waals surface area contributed by atoms with Crippen LogP contribution in [0.15, 0.2) is 42.5 Å². The smallest absolute Gasteiger partial charge is 0.0400 e. The number of hydrogen-bond donors (Lipinski definition) is 3. The molecule has 0 unspecified atom stereocenters. The van der Waals surface area contributed by atoms with Crippen molar-refractivity contribution in [1.82, 2.24) is 0 Å². The molecule has 3 aromatic carbocycles. The van der Waals surface area contributed by atoms with Gasteiger partial charge in [-0.1, -0.05) is 12.1 Å². The first-order valence-electron chi connectivity index (χ1n) is 5.42. The lowest BCUT2D eigenvalue weighted by Gasteiger charge is -2.08. The zero-order valence-electron chi connectivity index (χ0n) is 9.27. The van der Waals surface area contributed by atoms with Crippen LogP contribution in [0.1, 0.15) is 0 Å². The van der Waals surface area contributed by atoms with Crippen LogP contribution in [0.3, 0.4) is 0 Å². The molecule has 0 aliphatic rings. The molecule has 6 N–H and O–H groups in total. The summed E-state index contributed by atoms with van der Waals surface area (Å²) in [6.07, 6.45) is 0. The molecule has 3 nitrogen and oxygen atoms in total. The predicted octanol–water partition coefficient (Wildman–Crippen LogP) is 2.74. The summed E-state index contributed by atoms with van der Waals surface area (Å²) < 4.78 is 0. The zero-order chi connectivity index (χ0) is 12.0. The van der Waals surface area contributed by atoms with Crippen LogP contribution in [0, 0.1) is 0 Å². The highest BCUT2D eigenvalue weighted by molar-refractivity contribution is 6.13. The molecular formula is C14H13N3. The topological polar surface area (TPSA) is 78.1 Å². The minimum Gasteiger partial charge on any atom is -0.399 e. The minimum absolute atomic E-state index is 0.715. The first-order chi connectivity index (χ1) is 8.15. The van der Waals surface area contributed by atoms with Crippen LogP contribution in [0.25, 0.3) is 21.5 Å². The Hall–Kier alpha value is -2.42. The summed E-state index contributed by atoms with van der Waals surface area (Å²) >= 11 is 0. The van der Waals surface area contributed by atoms with E-state index in [-0.39, 0.29) is 0 Å². The van der Waals surface area contributed by atoms with E-state index in [1.807, 2.05) is 42.5 Å². The Labute approximate surface area is 98.8 Å². The van der Waals surface area contributed by atoms with E-state index >= 15 is 0 Å². The molecule has 0 radical (unpaired) electrons. The van der Waals surface area contributed by atoms with E-state index in [9.17, 15) is 0 Å². The van der Waals surface area contributed by atoms with Crippen molar-refractivity contribution in [3.05, 3.63) is 42.5 Å². The molecule has 0 aromatic heterocycles. The Morgan fingerprint density at radius 3 is 2.00 bits per heavy atom. The molecule has 0 atom stereocenters. The van der Waals surface area contributed by atoms with Gasteiger partial charge < -0.3 is 17.2 Å². The van der Waals surface area contributed by atoms with Gasteiger partial charge in [-0.2, -0.15) is 0 Å². The Bertz CT molecular complexity index is 732. The normalized spacial score (nSPS) is 11.1. The summed E-state index contributed by atoms with van der Waals surface area (Å²) in [5.74, 6) is 0.